The van der Waals surface area contributed by atoms with Crippen molar-refractivity contribution >= 4 is 37.5 Å². The van der Waals surface area contributed by atoms with Gasteiger partial charge in [0.05, 0.1) is 4.90 Å². The molecule has 7 heteroatoms. The van der Waals surface area contributed by atoms with E-state index in [-0.39, 0.29) is 10.8 Å². The number of sulfonamides is 1. The van der Waals surface area contributed by atoms with Crippen LogP contribution in [0.2, 0.25) is 0 Å². The highest BCUT2D eigenvalue weighted by Crippen LogP contribution is 2.19. The highest BCUT2D eigenvalue weighted by molar-refractivity contribution is 9.10. The van der Waals surface area contributed by atoms with Crippen molar-refractivity contribution in [3.8, 4) is 0 Å². The zero-order chi connectivity index (χ0) is 15.5. The molecule has 2 aromatic carbocycles. The van der Waals surface area contributed by atoms with Crippen LogP contribution >= 0.6 is 15.9 Å². The van der Waals surface area contributed by atoms with Crippen LogP contribution in [0.15, 0.2) is 57.9 Å². The van der Waals surface area contributed by atoms with Gasteiger partial charge in [0.15, 0.2) is 0 Å². The molecule has 0 atom stereocenters. The lowest BCUT2D eigenvalue weighted by molar-refractivity contribution is 0.0963. The van der Waals surface area contributed by atoms with Gasteiger partial charge in [0.2, 0.25) is 0 Å². The molecule has 0 spiro atoms. The number of anilines is 1. The second kappa shape index (κ2) is 6.28. The Morgan fingerprint density at radius 1 is 1.10 bits per heavy atom. The molecule has 2 N–H and O–H groups in total. The Kier molecular flexibility index (Phi) is 4.64. The first-order valence-corrected chi connectivity index (χ1v) is 8.30. The Morgan fingerprint density at radius 2 is 1.76 bits per heavy atom. The van der Waals surface area contributed by atoms with Crippen molar-refractivity contribution in [2.24, 2.45) is 0 Å². The van der Waals surface area contributed by atoms with Gasteiger partial charge in [-0.3, -0.25) is 9.52 Å². The molecule has 0 unspecified atom stereocenters. The molecule has 0 aliphatic carbocycles. The third-order valence-corrected chi connectivity index (χ3v) is 4.60. The number of hydrogen-bond acceptors (Lipinski definition) is 3. The number of nitrogens with one attached hydrogen (secondary N) is 2. The molecule has 110 valence electrons. The SMILES string of the molecule is CNC(=O)c1ccc(NS(=O)(=O)c2cccc(Br)c2)cc1. The van der Waals surface area contributed by atoms with Crippen molar-refractivity contribution in [3.63, 3.8) is 0 Å². The fourth-order valence-electron chi connectivity index (χ4n) is 1.68. The van der Waals surface area contributed by atoms with Gasteiger partial charge in [-0.1, -0.05) is 22.0 Å². The quantitative estimate of drug-likeness (QED) is 0.870. The minimum Gasteiger partial charge on any atom is -0.355 e. The third kappa shape index (κ3) is 3.83. The first-order valence-electron chi connectivity index (χ1n) is 6.03. The molecular formula is C14H13BrN2O3S. The summed E-state index contributed by atoms with van der Waals surface area (Å²) in [5, 5.41) is 2.50. The van der Waals surface area contributed by atoms with E-state index in [1.807, 2.05) is 0 Å². The predicted molar refractivity (Wildman–Crippen MR) is 84.8 cm³/mol. The number of carbonyl (C=O) groups excluding carboxylic acids is 1. The third-order valence-electron chi connectivity index (χ3n) is 2.73. The van der Waals surface area contributed by atoms with Gasteiger partial charge < -0.3 is 5.32 Å². The van der Waals surface area contributed by atoms with Crippen LogP contribution in [0.5, 0.6) is 0 Å². The van der Waals surface area contributed by atoms with E-state index in [0.717, 1.165) is 0 Å². The lowest BCUT2D eigenvalue weighted by atomic mass is 10.2. The summed E-state index contributed by atoms with van der Waals surface area (Å²) in [6, 6.07) is 12.6. The molecule has 5 nitrogen and oxygen atoms in total. The summed E-state index contributed by atoms with van der Waals surface area (Å²) in [6.45, 7) is 0. The van der Waals surface area contributed by atoms with Crippen molar-refractivity contribution in [1.29, 1.82) is 0 Å². The van der Waals surface area contributed by atoms with E-state index < -0.39 is 10.0 Å². The maximum Gasteiger partial charge on any atom is 0.261 e. The van der Waals surface area contributed by atoms with Crippen molar-refractivity contribution in [2.75, 3.05) is 11.8 Å². The fourth-order valence-corrected chi connectivity index (χ4v) is 3.34. The van der Waals surface area contributed by atoms with Gasteiger partial charge in [-0.25, -0.2) is 8.42 Å². The monoisotopic (exact) mass is 368 g/mol. The lowest BCUT2D eigenvalue weighted by Crippen LogP contribution is -2.18. The molecule has 2 aromatic rings. The van der Waals surface area contributed by atoms with E-state index in [2.05, 4.69) is 26.0 Å². The van der Waals surface area contributed by atoms with Gasteiger partial charge >= 0.3 is 0 Å². The van der Waals surface area contributed by atoms with Gasteiger partial charge in [-0.05, 0) is 42.5 Å². The van der Waals surface area contributed by atoms with Crippen LogP contribution in [0, 0.1) is 0 Å². The highest BCUT2D eigenvalue weighted by Gasteiger charge is 2.14. The van der Waals surface area contributed by atoms with Crippen LogP contribution in [0.25, 0.3) is 0 Å². The number of benzene rings is 2. The topological polar surface area (TPSA) is 75.3 Å². The molecule has 0 radical (unpaired) electrons. The largest absolute Gasteiger partial charge is 0.355 e. The normalized spacial score (nSPS) is 11.0. The summed E-state index contributed by atoms with van der Waals surface area (Å²) < 4.78 is 27.6. The Labute approximate surface area is 131 Å². The summed E-state index contributed by atoms with van der Waals surface area (Å²) in [7, 11) is -2.12. The minimum absolute atomic E-state index is 0.159. The molecule has 0 bridgehead atoms. The van der Waals surface area contributed by atoms with Crippen LogP contribution in [0.3, 0.4) is 0 Å². The molecule has 0 saturated carbocycles. The van der Waals surface area contributed by atoms with Crippen molar-refractivity contribution in [2.45, 2.75) is 4.90 Å². The summed E-state index contributed by atoms with van der Waals surface area (Å²) in [6.07, 6.45) is 0. The maximum absolute atomic E-state index is 12.2. The average Bonchev–Trinajstić information content (AvgIpc) is 2.47. The molecule has 1 amide bonds. The second-order valence-corrected chi connectivity index (χ2v) is 6.82. The minimum atomic E-state index is -3.66. The van der Waals surface area contributed by atoms with Crippen LogP contribution in [0.1, 0.15) is 10.4 Å². The predicted octanol–water partition coefficient (Wildman–Crippen LogP) is 2.61. The van der Waals surface area contributed by atoms with E-state index in [4.69, 9.17) is 0 Å². The Hall–Kier alpha value is -1.86. The summed E-state index contributed by atoms with van der Waals surface area (Å²) >= 11 is 3.24. The molecular weight excluding hydrogens is 356 g/mol. The Bertz CT molecular complexity index is 758. The number of carbonyl (C=O) groups is 1. The van der Waals surface area contributed by atoms with Gasteiger partial charge in [-0.2, -0.15) is 0 Å². The van der Waals surface area contributed by atoms with E-state index in [1.54, 1.807) is 36.4 Å². The standard InChI is InChI=1S/C14H13BrN2O3S/c1-16-14(18)10-5-7-12(8-6-10)17-21(19,20)13-4-2-3-11(15)9-13/h2-9,17H,1H3,(H,16,18). The molecule has 0 aliphatic heterocycles. The summed E-state index contributed by atoms with van der Waals surface area (Å²) in [4.78, 5) is 11.6. The number of amides is 1. The zero-order valence-electron chi connectivity index (χ0n) is 11.1. The maximum atomic E-state index is 12.2. The van der Waals surface area contributed by atoms with Gasteiger partial charge in [-0.15, -0.1) is 0 Å². The average molecular weight is 369 g/mol. The van der Waals surface area contributed by atoms with E-state index >= 15 is 0 Å². The van der Waals surface area contributed by atoms with E-state index in [9.17, 15) is 13.2 Å². The Balaban J connectivity index is 2.23. The van der Waals surface area contributed by atoms with Crippen LogP contribution in [-0.4, -0.2) is 21.4 Å². The number of halogens is 1. The van der Waals surface area contributed by atoms with Gasteiger partial charge in [0.25, 0.3) is 15.9 Å². The number of hydrogen-bond donors (Lipinski definition) is 2. The summed E-state index contributed by atoms with van der Waals surface area (Å²) in [5.41, 5.74) is 0.852. The number of rotatable bonds is 4. The zero-order valence-corrected chi connectivity index (χ0v) is 13.5. The van der Waals surface area contributed by atoms with Crippen LogP contribution in [-0.2, 0) is 10.0 Å². The molecule has 0 heterocycles. The molecule has 2 rings (SSSR count). The first kappa shape index (κ1) is 15.5. The molecule has 0 fully saturated rings. The van der Waals surface area contributed by atoms with Gasteiger partial charge in [0, 0.05) is 22.8 Å². The highest BCUT2D eigenvalue weighted by atomic mass is 79.9. The molecule has 0 saturated heterocycles. The van der Waals surface area contributed by atoms with Crippen LogP contribution in [0.4, 0.5) is 5.69 Å². The molecule has 0 aliphatic rings. The first-order chi connectivity index (χ1) is 9.92. The lowest BCUT2D eigenvalue weighted by Gasteiger charge is -2.09. The Morgan fingerprint density at radius 3 is 2.33 bits per heavy atom. The van der Waals surface area contributed by atoms with Crippen LogP contribution < -0.4 is 10.0 Å². The molecule has 0 aromatic heterocycles. The molecule has 21 heavy (non-hydrogen) atoms. The van der Waals surface area contributed by atoms with Crippen molar-refractivity contribution in [1.82, 2.24) is 5.32 Å². The van der Waals surface area contributed by atoms with Crippen molar-refractivity contribution in [3.05, 3.63) is 58.6 Å². The van der Waals surface area contributed by atoms with E-state index in [0.29, 0.717) is 15.7 Å². The van der Waals surface area contributed by atoms with E-state index in [1.165, 1.54) is 19.2 Å². The summed E-state index contributed by atoms with van der Waals surface area (Å²) in [5.74, 6) is -0.226. The second-order valence-electron chi connectivity index (χ2n) is 4.22. The van der Waals surface area contributed by atoms with Gasteiger partial charge in [0.1, 0.15) is 0 Å². The fraction of sp³-hybridized carbons (Fsp3) is 0.0714. The van der Waals surface area contributed by atoms with Crippen molar-refractivity contribution < 1.29 is 13.2 Å². The smallest absolute Gasteiger partial charge is 0.261 e.